The number of piperidine rings is 1. The highest BCUT2D eigenvalue weighted by molar-refractivity contribution is 5.85. The average Bonchev–Trinajstić information content (AvgIpc) is 2.44. The number of nitrogens with zero attached hydrogens (tertiary/aromatic N) is 1. The Hall–Kier alpha value is -1.20. The molecule has 0 aliphatic carbocycles. The molecule has 1 aromatic rings. The second kappa shape index (κ2) is 7.55. The number of amides is 1. The maximum atomic E-state index is 13.5. The van der Waals surface area contributed by atoms with Crippen molar-refractivity contribution in [2.45, 2.75) is 25.3 Å². The fourth-order valence-electron chi connectivity index (χ4n) is 2.37. The predicted molar refractivity (Wildman–Crippen MR) is 76.0 cm³/mol. The van der Waals surface area contributed by atoms with Crippen LogP contribution in [0.15, 0.2) is 18.2 Å². The molecule has 0 bridgehead atoms. The Balaban J connectivity index is 0.00000200. The molecular weight excluding hydrogens is 286 g/mol. The molecular formula is C14H19ClF2N2O. The van der Waals surface area contributed by atoms with E-state index in [1.807, 2.05) is 0 Å². The van der Waals surface area contributed by atoms with Gasteiger partial charge in [0.15, 0.2) is 11.6 Å². The quantitative estimate of drug-likeness (QED) is 0.928. The normalized spacial score (nSPS) is 15.6. The van der Waals surface area contributed by atoms with Crippen molar-refractivity contribution in [2.75, 3.05) is 20.1 Å². The molecule has 1 fully saturated rings. The topological polar surface area (TPSA) is 32.3 Å². The molecule has 0 aromatic heterocycles. The summed E-state index contributed by atoms with van der Waals surface area (Å²) in [5, 5.41) is 3.23. The van der Waals surface area contributed by atoms with Gasteiger partial charge in [0, 0.05) is 18.7 Å². The van der Waals surface area contributed by atoms with E-state index in [0.717, 1.165) is 32.0 Å². The summed E-state index contributed by atoms with van der Waals surface area (Å²) in [5.74, 6) is -2.00. The van der Waals surface area contributed by atoms with Crippen LogP contribution in [0.4, 0.5) is 8.78 Å². The van der Waals surface area contributed by atoms with Crippen LogP contribution in [0.2, 0.25) is 0 Å². The summed E-state index contributed by atoms with van der Waals surface area (Å²) in [7, 11) is 1.73. The Labute approximate surface area is 123 Å². The first-order valence-corrected chi connectivity index (χ1v) is 6.49. The van der Waals surface area contributed by atoms with Crippen molar-refractivity contribution in [2.24, 2.45) is 0 Å². The first-order valence-electron chi connectivity index (χ1n) is 6.49. The van der Waals surface area contributed by atoms with Crippen molar-refractivity contribution in [3.63, 3.8) is 0 Å². The van der Waals surface area contributed by atoms with E-state index in [-0.39, 0.29) is 36.3 Å². The Kier molecular flexibility index (Phi) is 6.36. The summed E-state index contributed by atoms with van der Waals surface area (Å²) >= 11 is 0. The van der Waals surface area contributed by atoms with Gasteiger partial charge in [0.1, 0.15) is 0 Å². The molecule has 1 aromatic carbocycles. The van der Waals surface area contributed by atoms with Crippen molar-refractivity contribution in [3.05, 3.63) is 35.4 Å². The molecule has 0 atom stereocenters. The van der Waals surface area contributed by atoms with Crippen molar-refractivity contribution in [1.82, 2.24) is 10.2 Å². The second-order valence-electron chi connectivity index (χ2n) is 4.88. The number of carbonyl (C=O) groups is 1. The maximum absolute atomic E-state index is 13.5. The molecule has 0 saturated carbocycles. The molecule has 0 spiro atoms. The van der Waals surface area contributed by atoms with E-state index in [1.165, 1.54) is 12.1 Å². The molecule has 1 N–H and O–H groups in total. The molecule has 0 radical (unpaired) electrons. The van der Waals surface area contributed by atoms with Crippen LogP contribution in [-0.4, -0.2) is 37.0 Å². The molecule has 1 aliphatic heterocycles. The van der Waals surface area contributed by atoms with E-state index in [4.69, 9.17) is 0 Å². The van der Waals surface area contributed by atoms with E-state index >= 15 is 0 Å². The highest BCUT2D eigenvalue weighted by Crippen LogP contribution is 2.15. The van der Waals surface area contributed by atoms with Crippen LogP contribution in [0.1, 0.15) is 18.4 Å². The number of benzene rings is 1. The van der Waals surface area contributed by atoms with Crippen LogP contribution in [0.25, 0.3) is 0 Å². The van der Waals surface area contributed by atoms with Gasteiger partial charge in [-0.15, -0.1) is 12.4 Å². The highest BCUT2D eigenvalue weighted by atomic mass is 35.5. The van der Waals surface area contributed by atoms with Gasteiger partial charge in [-0.25, -0.2) is 8.78 Å². The summed E-state index contributed by atoms with van der Waals surface area (Å²) in [6, 6.07) is 4.11. The Morgan fingerprint density at radius 3 is 2.65 bits per heavy atom. The zero-order chi connectivity index (χ0) is 13.8. The Bertz CT molecular complexity index is 464. The lowest BCUT2D eigenvalue weighted by Crippen LogP contribution is -2.44. The fourth-order valence-corrected chi connectivity index (χ4v) is 2.37. The van der Waals surface area contributed by atoms with Gasteiger partial charge in [-0.05, 0) is 32.0 Å². The SMILES string of the molecule is CN(C(=O)Cc1cccc(F)c1F)C1CCNCC1.Cl. The third kappa shape index (κ3) is 3.90. The van der Waals surface area contributed by atoms with Gasteiger partial charge in [-0.1, -0.05) is 12.1 Å². The van der Waals surface area contributed by atoms with E-state index in [9.17, 15) is 13.6 Å². The average molecular weight is 305 g/mol. The lowest BCUT2D eigenvalue weighted by molar-refractivity contribution is -0.131. The van der Waals surface area contributed by atoms with Crippen molar-refractivity contribution < 1.29 is 13.6 Å². The number of likely N-dealkylation sites (N-methyl/N-ethyl adjacent to an activating group) is 1. The van der Waals surface area contributed by atoms with Gasteiger partial charge in [0.25, 0.3) is 0 Å². The molecule has 1 saturated heterocycles. The van der Waals surface area contributed by atoms with Crippen LogP contribution in [0.5, 0.6) is 0 Å². The minimum atomic E-state index is -0.922. The van der Waals surface area contributed by atoms with Gasteiger partial charge in [0.2, 0.25) is 5.91 Å². The Morgan fingerprint density at radius 1 is 1.35 bits per heavy atom. The Morgan fingerprint density at radius 2 is 2.00 bits per heavy atom. The molecule has 3 nitrogen and oxygen atoms in total. The van der Waals surface area contributed by atoms with Gasteiger partial charge < -0.3 is 10.2 Å². The zero-order valence-electron chi connectivity index (χ0n) is 11.4. The molecule has 1 amide bonds. The van der Waals surface area contributed by atoms with Crippen LogP contribution >= 0.6 is 12.4 Å². The summed E-state index contributed by atoms with van der Waals surface area (Å²) in [6.45, 7) is 1.77. The fraction of sp³-hybridized carbons (Fsp3) is 0.500. The van der Waals surface area contributed by atoms with Crippen LogP contribution in [0.3, 0.4) is 0 Å². The number of rotatable bonds is 3. The minimum absolute atomic E-state index is 0. The monoisotopic (exact) mass is 304 g/mol. The first kappa shape index (κ1) is 16.9. The van der Waals surface area contributed by atoms with E-state index in [1.54, 1.807) is 11.9 Å². The van der Waals surface area contributed by atoms with Gasteiger partial charge in [-0.2, -0.15) is 0 Å². The second-order valence-corrected chi connectivity index (χ2v) is 4.88. The smallest absolute Gasteiger partial charge is 0.227 e. The third-order valence-corrected chi connectivity index (χ3v) is 3.62. The van der Waals surface area contributed by atoms with Crippen molar-refractivity contribution in [1.29, 1.82) is 0 Å². The number of nitrogens with one attached hydrogen (secondary N) is 1. The van der Waals surface area contributed by atoms with Gasteiger partial charge >= 0.3 is 0 Å². The largest absolute Gasteiger partial charge is 0.342 e. The third-order valence-electron chi connectivity index (χ3n) is 3.62. The molecule has 1 aliphatic rings. The van der Waals surface area contributed by atoms with Crippen molar-refractivity contribution in [3.8, 4) is 0 Å². The number of hydrogen-bond acceptors (Lipinski definition) is 2. The lowest BCUT2D eigenvalue weighted by atomic mass is 10.0. The summed E-state index contributed by atoms with van der Waals surface area (Å²) < 4.78 is 26.6. The first-order chi connectivity index (χ1) is 9.09. The maximum Gasteiger partial charge on any atom is 0.227 e. The standard InChI is InChI=1S/C14H18F2N2O.ClH/c1-18(11-5-7-17-8-6-11)13(19)9-10-3-2-4-12(15)14(10)16;/h2-4,11,17H,5-9H2,1H3;1H. The van der Waals surface area contributed by atoms with E-state index < -0.39 is 11.6 Å². The summed E-state index contributed by atoms with van der Waals surface area (Å²) in [5.41, 5.74) is 0.116. The zero-order valence-corrected chi connectivity index (χ0v) is 12.2. The van der Waals surface area contributed by atoms with Crippen molar-refractivity contribution >= 4 is 18.3 Å². The molecule has 0 unspecified atom stereocenters. The molecule has 1 heterocycles. The molecule has 6 heteroatoms. The molecule has 112 valence electrons. The molecule has 20 heavy (non-hydrogen) atoms. The predicted octanol–water partition coefficient (Wildman–Crippen LogP) is 2.14. The van der Waals surface area contributed by atoms with E-state index in [0.29, 0.717) is 0 Å². The van der Waals surface area contributed by atoms with E-state index in [2.05, 4.69) is 5.32 Å². The van der Waals surface area contributed by atoms with Gasteiger partial charge in [-0.3, -0.25) is 4.79 Å². The number of hydrogen-bond donors (Lipinski definition) is 1. The number of carbonyl (C=O) groups excluding carboxylic acids is 1. The summed E-state index contributed by atoms with van der Waals surface area (Å²) in [4.78, 5) is 13.7. The van der Waals surface area contributed by atoms with Gasteiger partial charge in [0.05, 0.1) is 6.42 Å². The van der Waals surface area contributed by atoms with Crippen LogP contribution < -0.4 is 5.32 Å². The lowest BCUT2D eigenvalue weighted by Gasteiger charge is -2.31. The number of halogens is 3. The minimum Gasteiger partial charge on any atom is -0.342 e. The highest BCUT2D eigenvalue weighted by Gasteiger charge is 2.23. The van der Waals surface area contributed by atoms with Crippen LogP contribution in [0, 0.1) is 11.6 Å². The summed E-state index contributed by atoms with van der Waals surface area (Å²) in [6.07, 6.45) is 1.70. The van der Waals surface area contributed by atoms with Crippen LogP contribution in [-0.2, 0) is 11.2 Å². The molecule has 2 rings (SSSR count).